The number of nitrogens with zero attached hydrogens (tertiary/aromatic N) is 1. The Balaban J connectivity index is 1.73. The first-order valence-electron chi connectivity index (χ1n) is 7.20. The number of H-pyrrole nitrogens is 1. The number of imidazole rings is 1. The molecule has 1 aliphatic carbocycles. The Morgan fingerprint density at radius 1 is 1.26 bits per heavy atom. The first-order chi connectivity index (χ1) is 9.36. The first-order valence-corrected chi connectivity index (χ1v) is 7.20. The van der Waals surface area contributed by atoms with Crippen molar-refractivity contribution in [1.29, 1.82) is 0 Å². The number of benzene rings is 1. The highest BCUT2D eigenvalue weighted by Gasteiger charge is 2.20. The molecular formula is C16H21N3. The van der Waals surface area contributed by atoms with E-state index in [1.54, 1.807) is 0 Å². The van der Waals surface area contributed by atoms with E-state index in [0.29, 0.717) is 0 Å². The zero-order chi connectivity index (χ0) is 13.1. The molecule has 0 aliphatic heterocycles. The van der Waals surface area contributed by atoms with Gasteiger partial charge in [0.1, 0.15) is 5.82 Å². The van der Waals surface area contributed by atoms with Gasteiger partial charge in [0.2, 0.25) is 0 Å². The van der Waals surface area contributed by atoms with Crippen LogP contribution in [0.15, 0.2) is 30.3 Å². The maximum Gasteiger partial charge on any atom is 0.121 e. The third-order valence-corrected chi connectivity index (χ3v) is 3.65. The molecule has 1 fully saturated rings. The lowest BCUT2D eigenvalue weighted by Crippen LogP contribution is -2.16. The largest absolute Gasteiger partial charge is 0.344 e. The highest BCUT2D eigenvalue weighted by molar-refractivity contribution is 5.61. The van der Waals surface area contributed by atoms with E-state index >= 15 is 0 Å². The number of rotatable bonds is 6. The Bertz CT molecular complexity index is 526. The second-order valence-corrected chi connectivity index (χ2v) is 5.30. The summed E-state index contributed by atoms with van der Waals surface area (Å²) in [5, 5.41) is 3.49. The third kappa shape index (κ3) is 3.04. The normalized spacial score (nSPS) is 14.8. The lowest BCUT2D eigenvalue weighted by molar-refractivity contribution is 0.622. The van der Waals surface area contributed by atoms with Crippen LogP contribution >= 0.6 is 0 Å². The van der Waals surface area contributed by atoms with Gasteiger partial charge in [-0.05, 0) is 31.7 Å². The molecule has 100 valence electrons. The summed E-state index contributed by atoms with van der Waals surface area (Å²) in [5.41, 5.74) is 3.53. The molecule has 2 aromatic rings. The van der Waals surface area contributed by atoms with Crippen LogP contribution in [-0.4, -0.2) is 16.5 Å². The molecule has 3 nitrogen and oxygen atoms in total. The quantitative estimate of drug-likeness (QED) is 0.832. The summed E-state index contributed by atoms with van der Waals surface area (Å²) in [6.45, 7) is 4.14. The minimum atomic E-state index is 0.844. The highest BCUT2D eigenvalue weighted by Crippen LogP contribution is 2.27. The number of aromatic amines is 1. The monoisotopic (exact) mass is 255 g/mol. The van der Waals surface area contributed by atoms with Crippen molar-refractivity contribution in [2.45, 2.75) is 32.7 Å². The molecule has 0 spiro atoms. The Labute approximate surface area is 114 Å². The number of hydrogen-bond donors (Lipinski definition) is 2. The molecule has 0 atom stereocenters. The summed E-state index contributed by atoms with van der Waals surface area (Å²) >= 11 is 0. The highest BCUT2D eigenvalue weighted by atomic mass is 15.0. The van der Waals surface area contributed by atoms with Crippen LogP contribution in [0.2, 0.25) is 0 Å². The summed E-state index contributed by atoms with van der Waals surface area (Å²) < 4.78 is 0. The van der Waals surface area contributed by atoms with E-state index in [1.165, 1.54) is 24.1 Å². The average molecular weight is 255 g/mol. The average Bonchev–Trinajstić information content (AvgIpc) is 3.18. The van der Waals surface area contributed by atoms with Crippen LogP contribution in [0, 0.1) is 5.92 Å². The first kappa shape index (κ1) is 12.4. The van der Waals surface area contributed by atoms with E-state index < -0.39 is 0 Å². The molecule has 0 amide bonds. The van der Waals surface area contributed by atoms with Gasteiger partial charge >= 0.3 is 0 Å². The van der Waals surface area contributed by atoms with Gasteiger partial charge < -0.3 is 10.3 Å². The summed E-state index contributed by atoms with van der Waals surface area (Å²) in [5.74, 6) is 1.96. The van der Waals surface area contributed by atoms with Crippen LogP contribution < -0.4 is 5.32 Å². The molecule has 19 heavy (non-hydrogen) atoms. The number of nitrogens with one attached hydrogen (secondary N) is 2. The molecule has 2 N–H and O–H groups in total. The Morgan fingerprint density at radius 3 is 2.74 bits per heavy atom. The van der Waals surface area contributed by atoms with Crippen LogP contribution in [0.4, 0.5) is 0 Å². The van der Waals surface area contributed by atoms with Gasteiger partial charge in [-0.1, -0.05) is 37.3 Å². The zero-order valence-electron chi connectivity index (χ0n) is 11.4. The van der Waals surface area contributed by atoms with Crippen molar-refractivity contribution in [2.75, 3.05) is 6.54 Å². The number of aryl methyl sites for hydroxylation is 1. The Kier molecular flexibility index (Phi) is 3.65. The lowest BCUT2D eigenvalue weighted by Gasteiger charge is -1.99. The number of hydrogen-bond acceptors (Lipinski definition) is 2. The van der Waals surface area contributed by atoms with E-state index in [4.69, 9.17) is 4.98 Å². The second kappa shape index (κ2) is 5.57. The molecule has 0 radical (unpaired) electrons. The third-order valence-electron chi connectivity index (χ3n) is 3.65. The predicted octanol–water partition coefficient (Wildman–Crippen LogP) is 3.14. The summed E-state index contributed by atoms with van der Waals surface area (Å²) in [4.78, 5) is 8.20. The van der Waals surface area contributed by atoms with E-state index in [-0.39, 0.29) is 0 Å². The van der Waals surface area contributed by atoms with Gasteiger partial charge in [-0.2, -0.15) is 0 Å². The molecule has 0 saturated heterocycles. The van der Waals surface area contributed by atoms with Gasteiger partial charge in [0.25, 0.3) is 0 Å². The van der Waals surface area contributed by atoms with Crippen molar-refractivity contribution in [2.24, 2.45) is 5.92 Å². The second-order valence-electron chi connectivity index (χ2n) is 5.30. The van der Waals surface area contributed by atoms with Crippen LogP contribution in [0.1, 0.15) is 31.3 Å². The predicted molar refractivity (Wildman–Crippen MR) is 77.8 cm³/mol. The number of aromatic nitrogens is 2. The van der Waals surface area contributed by atoms with Crippen LogP contribution in [0.25, 0.3) is 11.3 Å². The maximum atomic E-state index is 4.75. The molecule has 1 aromatic heterocycles. The SMILES string of the molecule is CCc1[nH]c(CNCC2CC2)nc1-c1ccccc1. The molecule has 0 bridgehead atoms. The molecule has 1 saturated carbocycles. The summed E-state index contributed by atoms with van der Waals surface area (Å²) in [6.07, 6.45) is 3.76. The van der Waals surface area contributed by atoms with Crippen molar-refractivity contribution in [3.63, 3.8) is 0 Å². The standard InChI is InChI=1S/C16H21N3/c1-2-14-16(13-6-4-3-5-7-13)19-15(18-14)11-17-10-12-8-9-12/h3-7,12,17H,2,8-11H2,1H3,(H,18,19). The molecule has 3 rings (SSSR count). The van der Waals surface area contributed by atoms with E-state index in [0.717, 1.165) is 36.9 Å². The molecule has 1 aliphatic rings. The van der Waals surface area contributed by atoms with Crippen LogP contribution in [-0.2, 0) is 13.0 Å². The fraction of sp³-hybridized carbons (Fsp3) is 0.438. The fourth-order valence-electron chi connectivity index (χ4n) is 2.35. The summed E-state index contributed by atoms with van der Waals surface area (Å²) in [6, 6.07) is 10.4. The maximum absolute atomic E-state index is 4.75. The van der Waals surface area contributed by atoms with Gasteiger partial charge in [-0.3, -0.25) is 0 Å². The van der Waals surface area contributed by atoms with Crippen LogP contribution in [0.5, 0.6) is 0 Å². The molecule has 3 heteroatoms. The van der Waals surface area contributed by atoms with Crippen LogP contribution in [0.3, 0.4) is 0 Å². The smallest absolute Gasteiger partial charge is 0.121 e. The zero-order valence-corrected chi connectivity index (χ0v) is 11.4. The van der Waals surface area contributed by atoms with Gasteiger partial charge in [0.15, 0.2) is 0 Å². The Hall–Kier alpha value is -1.61. The van der Waals surface area contributed by atoms with Gasteiger partial charge in [0, 0.05) is 11.3 Å². The van der Waals surface area contributed by atoms with Crippen molar-refractivity contribution in [3.8, 4) is 11.3 Å². The minimum absolute atomic E-state index is 0.844. The van der Waals surface area contributed by atoms with Crippen molar-refractivity contribution in [1.82, 2.24) is 15.3 Å². The van der Waals surface area contributed by atoms with Gasteiger partial charge in [-0.15, -0.1) is 0 Å². The topological polar surface area (TPSA) is 40.7 Å². The van der Waals surface area contributed by atoms with Gasteiger partial charge in [0.05, 0.1) is 12.2 Å². The molecule has 1 aromatic carbocycles. The van der Waals surface area contributed by atoms with Crippen molar-refractivity contribution in [3.05, 3.63) is 41.9 Å². The Morgan fingerprint density at radius 2 is 2.05 bits per heavy atom. The molecule has 1 heterocycles. The fourth-order valence-corrected chi connectivity index (χ4v) is 2.35. The van der Waals surface area contributed by atoms with Crippen molar-refractivity contribution < 1.29 is 0 Å². The van der Waals surface area contributed by atoms with E-state index in [2.05, 4.69) is 41.5 Å². The summed E-state index contributed by atoms with van der Waals surface area (Å²) in [7, 11) is 0. The van der Waals surface area contributed by atoms with E-state index in [1.807, 2.05) is 6.07 Å². The molecule has 0 unspecified atom stereocenters. The lowest BCUT2D eigenvalue weighted by atomic mass is 10.1. The van der Waals surface area contributed by atoms with E-state index in [9.17, 15) is 0 Å². The van der Waals surface area contributed by atoms with Crippen molar-refractivity contribution >= 4 is 0 Å². The molecular weight excluding hydrogens is 234 g/mol. The van der Waals surface area contributed by atoms with Gasteiger partial charge in [-0.25, -0.2) is 4.98 Å². The minimum Gasteiger partial charge on any atom is -0.344 e.